The van der Waals surface area contributed by atoms with Crippen LogP contribution in [0.2, 0.25) is 0 Å². The molecule has 3 aromatic rings. The van der Waals surface area contributed by atoms with E-state index in [4.69, 9.17) is 24.4 Å². The third-order valence-corrected chi connectivity index (χ3v) is 7.67. The number of carbonyl (C=O) groups is 5. The van der Waals surface area contributed by atoms with Gasteiger partial charge in [0, 0.05) is 41.4 Å². The van der Waals surface area contributed by atoms with Gasteiger partial charge in [0.1, 0.15) is 17.3 Å². The number of nitrogens with one attached hydrogen (secondary N) is 4. The van der Waals surface area contributed by atoms with E-state index >= 15 is 0 Å². The molecule has 51 heavy (non-hydrogen) atoms. The topological polar surface area (TPSA) is 195 Å². The fourth-order valence-electron chi connectivity index (χ4n) is 4.79. The number of methoxy groups -OCH3 is 1. The first-order valence-corrected chi connectivity index (χ1v) is 16.5. The zero-order valence-corrected chi connectivity index (χ0v) is 29.7. The minimum Gasteiger partial charge on any atom is -0.496 e. The molecular formula is C37H43N5O9. The molecule has 1 fully saturated rings. The number of benzene rings is 2. The van der Waals surface area contributed by atoms with Gasteiger partial charge in [-0.25, -0.2) is 14.6 Å². The van der Waals surface area contributed by atoms with Gasteiger partial charge in [0.15, 0.2) is 5.69 Å². The Labute approximate surface area is 296 Å². The molecule has 0 saturated heterocycles. The van der Waals surface area contributed by atoms with Crippen LogP contribution in [0, 0.1) is 24.2 Å². The lowest BCUT2D eigenvalue weighted by Gasteiger charge is -2.19. The first-order valence-electron chi connectivity index (χ1n) is 16.5. The lowest BCUT2D eigenvalue weighted by atomic mass is 9.94. The number of carbonyl (C=O) groups excluding carboxylic acids is 5. The van der Waals surface area contributed by atoms with Crippen molar-refractivity contribution in [3.63, 3.8) is 0 Å². The number of hydrogen-bond donors (Lipinski definition) is 4. The molecule has 3 amide bonds. The average molecular weight is 702 g/mol. The Morgan fingerprint density at radius 3 is 2.18 bits per heavy atom. The van der Waals surface area contributed by atoms with Crippen molar-refractivity contribution in [2.45, 2.75) is 66.8 Å². The van der Waals surface area contributed by atoms with Crippen molar-refractivity contribution in [3.8, 4) is 16.9 Å². The van der Waals surface area contributed by atoms with Crippen molar-refractivity contribution in [2.75, 3.05) is 19.0 Å². The Morgan fingerprint density at radius 1 is 0.882 bits per heavy atom. The van der Waals surface area contributed by atoms with Crippen LogP contribution >= 0.6 is 0 Å². The van der Waals surface area contributed by atoms with Gasteiger partial charge in [0.2, 0.25) is 6.29 Å². The molecule has 1 saturated carbocycles. The van der Waals surface area contributed by atoms with Gasteiger partial charge in [0.25, 0.3) is 11.8 Å². The number of aromatic nitrogens is 1. The SMILES string of the molecule is COc1cc(-c2ccc(C(=O)NCC3CC3)nc2C(=O)OC(C)OC(=O)C(C)C)c(C(=O)Nc2ccc(C(=N)NC(=O)OC(C)C)cc2)cc1C. The highest BCUT2D eigenvalue weighted by molar-refractivity contribution is 6.11. The quantitative estimate of drug-likeness (QED) is 0.0752. The van der Waals surface area contributed by atoms with Crippen LogP contribution in [0.4, 0.5) is 10.5 Å². The predicted molar refractivity (Wildman–Crippen MR) is 188 cm³/mol. The lowest BCUT2D eigenvalue weighted by Crippen LogP contribution is -2.32. The van der Waals surface area contributed by atoms with E-state index in [9.17, 15) is 24.0 Å². The zero-order chi connectivity index (χ0) is 37.4. The number of anilines is 1. The monoisotopic (exact) mass is 701 g/mol. The number of ether oxygens (including phenoxy) is 4. The van der Waals surface area contributed by atoms with Gasteiger partial charge in [-0.1, -0.05) is 13.8 Å². The van der Waals surface area contributed by atoms with Gasteiger partial charge in [-0.3, -0.25) is 25.1 Å². The minimum absolute atomic E-state index is 0.0409. The summed E-state index contributed by atoms with van der Waals surface area (Å²) in [6, 6.07) is 12.3. The molecule has 2 aromatic carbocycles. The number of rotatable bonds is 13. The second-order valence-corrected chi connectivity index (χ2v) is 12.7. The number of esters is 2. The Balaban J connectivity index is 1.68. The van der Waals surface area contributed by atoms with E-state index in [1.54, 1.807) is 71.0 Å². The van der Waals surface area contributed by atoms with Gasteiger partial charge in [-0.05, 0) is 93.6 Å². The molecule has 0 bridgehead atoms. The van der Waals surface area contributed by atoms with Crippen molar-refractivity contribution in [2.24, 2.45) is 11.8 Å². The van der Waals surface area contributed by atoms with E-state index in [0.717, 1.165) is 12.8 Å². The molecule has 4 N–H and O–H groups in total. The second kappa shape index (κ2) is 16.7. The summed E-state index contributed by atoms with van der Waals surface area (Å²) in [6.07, 6.45) is -0.337. The van der Waals surface area contributed by atoms with Gasteiger partial charge in [-0.15, -0.1) is 0 Å². The summed E-state index contributed by atoms with van der Waals surface area (Å²) >= 11 is 0. The standard InChI is InChI=1S/C37H43N5O9/c1-19(2)35(45)50-22(6)51-36(46)31-26(14-15-29(41-31)34(44)39-18-23-8-9-23)27-17-30(48-7)21(5)16-28(27)33(43)40-25-12-10-24(11-13-25)32(38)42-37(47)49-20(3)4/h10-17,19-20,22-23H,8-9,18H2,1-7H3,(H,39,44)(H,40,43)(H2,38,42,47). The van der Waals surface area contributed by atoms with Gasteiger partial charge in [0.05, 0.1) is 19.1 Å². The molecule has 1 heterocycles. The van der Waals surface area contributed by atoms with Crippen LogP contribution in [0.25, 0.3) is 11.1 Å². The van der Waals surface area contributed by atoms with E-state index < -0.39 is 42.1 Å². The summed E-state index contributed by atoms with van der Waals surface area (Å²) in [6.45, 7) is 10.3. The van der Waals surface area contributed by atoms with Crippen LogP contribution in [0.15, 0.2) is 48.5 Å². The van der Waals surface area contributed by atoms with Crippen LogP contribution in [0.5, 0.6) is 5.75 Å². The van der Waals surface area contributed by atoms with Crippen molar-refractivity contribution in [3.05, 3.63) is 76.6 Å². The maximum Gasteiger partial charge on any atom is 0.413 e. The Kier molecular flexibility index (Phi) is 12.5. The van der Waals surface area contributed by atoms with E-state index in [1.807, 2.05) is 0 Å². The molecule has 0 aliphatic heterocycles. The van der Waals surface area contributed by atoms with Gasteiger partial charge < -0.3 is 29.6 Å². The number of hydrogen-bond acceptors (Lipinski definition) is 11. The number of nitrogens with zero attached hydrogens (tertiary/aromatic N) is 1. The predicted octanol–water partition coefficient (Wildman–Crippen LogP) is 5.62. The summed E-state index contributed by atoms with van der Waals surface area (Å²) in [5.41, 5.74) is 1.60. The van der Waals surface area contributed by atoms with Gasteiger partial charge in [-0.2, -0.15) is 0 Å². The minimum atomic E-state index is -1.27. The van der Waals surface area contributed by atoms with Crippen LogP contribution in [-0.2, 0) is 19.0 Å². The highest BCUT2D eigenvalue weighted by atomic mass is 16.7. The normalized spacial score (nSPS) is 12.8. The van der Waals surface area contributed by atoms with Crippen LogP contribution in [0.1, 0.15) is 89.9 Å². The fourth-order valence-corrected chi connectivity index (χ4v) is 4.79. The largest absolute Gasteiger partial charge is 0.496 e. The molecule has 0 radical (unpaired) electrons. The maximum atomic E-state index is 13.9. The first-order chi connectivity index (χ1) is 24.2. The Hall–Kier alpha value is -5.79. The third-order valence-electron chi connectivity index (χ3n) is 7.67. The molecule has 270 valence electrons. The molecular weight excluding hydrogens is 658 g/mol. The van der Waals surface area contributed by atoms with Gasteiger partial charge >= 0.3 is 18.0 Å². The maximum absolute atomic E-state index is 13.9. The Morgan fingerprint density at radius 2 is 1.57 bits per heavy atom. The molecule has 1 unspecified atom stereocenters. The van der Waals surface area contributed by atoms with Crippen molar-refractivity contribution < 1.29 is 42.9 Å². The van der Waals surface area contributed by atoms with Crippen LogP contribution in [-0.4, -0.2) is 66.7 Å². The molecule has 14 heteroatoms. The molecule has 1 aliphatic rings. The van der Waals surface area contributed by atoms with Crippen LogP contribution < -0.4 is 20.7 Å². The van der Waals surface area contributed by atoms with Crippen molar-refractivity contribution in [1.82, 2.24) is 15.6 Å². The molecule has 1 aromatic heterocycles. The summed E-state index contributed by atoms with van der Waals surface area (Å²) in [7, 11) is 1.47. The van der Waals surface area contributed by atoms with E-state index in [0.29, 0.717) is 35.0 Å². The summed E-state index contributed by atoms with van der Waals surface area (Å²) in [5.74, 6) is -2.42. The fraction of sp³-hybridized carbons (Fsp3) is 0.378. The summed E-state index contributed by atoms with van der Waals surface area (Å²) in [5, 5.41) is 16.2. The number of pyridine rings is 1. The second-order valence-electron chi connectivity index (χ2n) is 12.7. The average Bonchev–Trinajstić information content (AvgIpc) is 3.91. The van der Waals surface area contributed by atoms with Crippen molar-refractivity contribution in [1.29, 1.82) is 5.41 Å². The number of alkyl carbamates (subject to hydrolysis) is 1. The molecule has 4 rings (SSSR count). The van der Waals surface area contributed by atoms with E-state index in [2.05, 4.69) is 20.9 Å². The van der Waals surface area contributed by atoms with E-state index in [1.165, 1.54) is 26.2 Å². The summed E-state index contributed by atoms with van der Waals surface area (Å²) < 4.78 is 21.2. The smallest absolute Gasteiger partial charge is 0.413 e. The number of amides is 3. The molecule has 1 atom stereocenters. The van der Waals surface area contributed by atoms with Crippen molar-refractivity contribution >= 4 is 41.4 Å². The number of amidine groups is 1. The molecule has 14 nitrogen and oxygen atoms in total. The summed E-state index contributed by atoms with van der Waals surface area (Å²) in [4.78, 5) is 69.0. The lowest BCUT2D eigenvalue weighted by molar-refractivity contribution is -0.169. The molecule has 0 spiro atoms. The highest BCUT2D eigenvalue weighted by Gasteiger charge is 2.28. The van der Waals surface area contributed by atoms with Crippen LogP contribution in [0.3, 0.4) is 0 Å². The third kappa shape index (κ3) is 10.4. The first kappa shape index (κ1) is 38.0. The highest BCUT2D eigenvalue weighted by Crippen LogP contribution is 2.34. The Bertz CT molecular complexity index is 1820. The zero-order valence-electron chi connectivity index (χ0n) is 29.7. The van der Waals surface area contributed by atoms with E-state index in [-0.39, 0.29) is 40.0 Å². The number of aryl methyl sites for hydroxylation is 1. The molecule has 1 aliphatic carbocycles.